The van der Waals surface area contributed by atoms with Crippen LogP contribution in [-0.4, -0.2) is 58.8 Å². The molecular weight excluding hydrogens is 492 g/mol. The number of likely N-dealkylation sites (tertiary alicyclic amines) is 1. The van der Waals surface area contributed by atoms with E-state index < -0.39 is 10.8 Å². The van der Waals surface area contributed by atoms with Gasteiger partial charge in [0, 0.05) is 29.6 Å². The highest BCUT2D eigenvalue weighted by Gasteiger charge is 2.53. The molecule has 0 radical (unpaired) electrons. The number of amides is 3. The summed E-state index contributed by atoms with van der Waals surface area (Å²) in [4.78, 5) is 53.0. The summed E-state index contributed by atoms with van der Waals surface area (Å²) in [6.45, 7) is 4.81. The van der Waals surface area contributed by atoms with Gasteiger partial charge in [-0.3, -0.25) is 19.4 Å². The van der Waals surface area contributed by atoms with Gasteiger partial charge < -0.3 is 20.4 Å². The second-order valence-corrected chi connectivity index (χ2v) is 11.1. The number of hydrogen-bond donors (Lipinski definition) is 2. The van der Waals surface area contributed by atoms with Crippen LogP contribution >= 0.6 is 0 Å². The van der Waals surface area contributed by atoms with Gasteiger partial charge >= 0.3 is 0 Å². The lowest BCUT2D eigenvalue weighted by atomic mass is 9.73. The Hall–Kier alpha value is -4.11. The number of rotatable bonds is 4. The lowest BCUT2D eigenvalue weighted by Gasteiger charge is -2.38. The summed E-state index contributed by atoms with van der Waals surface area (Å²) >= 11 is 0. The predicted molar refractivity (Wildman–Crippen MR) is 147 cm³/mol. The van der Waals surface area contributed by atoms with Crippen molar-refractivity contribution in [3.8, 4) is 0 Å². The van der Waals surface area contributed by atoms with Gasteiger partial charge in [0.2, 0.25) is 17.7 Å². The van der Waals surface area contributed by atoms with Crippen LogP contribution in [0.25, 0.3) is 0 Å². The molecule has 3 aromatic rings. The topological polar surface area (TPSA) is 108 Å². The van der Waals surface area contributed by atoms with Gasteiger partial charge in [-0.15, -0.1) is 0 Å². The number of aromatic nitrogens is 2. The van der Waals surface area contributed by atoms with E-state index in [1.165, 1.54) is 0 Å². The highest BCUT2D eigenvalue weighted by atomic mass is 16.2. The largest absolute Gasteiger partial charge is 0.323 e. The Bertz CT molecular complexity index is 1530. The van der Waals surface area contributed by atoms with Gasteiger partial charge in [-0.25, -0.2) is 4.98 Å². The molecule has 1 aromatic carbocycles. The zero-order chi connectivity index (χ0) is 26.8. The third-order valence-corrected chi connectivity index (χ3v) is 9.12. The number of anilines is 3. The maximum atomic E-state index is 13.8. The minimum Gasteiger partial charge on any atom is -0.323 e. The molecule has 3 aliphatic heterocycles. The van der Waals surface area contributed by atoms with E-state index in [9.17, 15) is 14.4 Å². The van der Waals surface area contributed by atoms with Crippen molar-refractivity contribution in [1.82, 2.24) is 14.9 Å². The predicted octanol–water partition coefficient (Wildman–Crippen LogP) is 2.80. The van der Waals surface area contributed by atoms with E-state index in [0.717, 1.165) is 60.5 Å². The first-order chi connectivity index (χ1) is 18.9. The summed E-state index contributed by atoms with van der Waals surface area (Å²) in [5.41, 5.74) is 3.83. The van der Waals surface area contributed by atoms with Crippen LogP contribution in [0.4, 0.5) is 17.2 Å². The molecule has 1 aliphatic carbocycles. The molecule has 1 unspecified atom stereocenters. The van der Waals surface area contributed by atoms with Crippen molar-refractivity contribution < 1.29 is 14.4 Å². The molecule has 198 valence electrons. The van der Waals surface area contributed by atoms with E-state index in [1.54, 1.807) is 17.3 Å². The summed E-state index contributed by atoms with van der Waals surface area (Å²) in [6.07, 6.45) is 5.83. The molecule has 39 heavy (non-hydrogen) atoms. The average molecular weight is 523 g/mol. The zero-order valence-electron chi connectivity index (χ0n) is 21.9. The molecule has 4 aliphatic rings. The fraction of sp³-hybridized carbons (Fsp3) is 0.367. The Kier molecular flexibility index (Phi) is 5.35. The van der Waals surface area contributed by atoms with Crippen molar-refractivity contribution in [2.75, 3.05) is 41.7 Å². The maximum absolute atomic E-state index is 13.8. The van der Waals surface area contributed by atoms with Crippen LogP contribution in [0, 0.1) is 0 Å². The van der Waals surface area contributed by atoms with Crippen molar-refractivity contribution in [3.63, 3.8) is 0 Å². The van der Waals surface area contributed by atoms with Crippen molar-refractivity contribution in [2.24, 2.45) is 0 Å². The van der Waals surface area contributed by atoms with E-state index in [0.29, 0.717) is 24.3 Å². The lowest BCUT2D eigenvalue weighted by Crippen LogP contribution is -2.49. The summed E-state index contributed by atoms with van der Waals surface area (Å²) in [5.74, 6) is 0.286. The van der Waals surface area contributed by atoms with Crippen molar-refractivity contribution in [1.29, 1.82) is 0 Å². The molecule has 0 bridgehead atoms. The summed E-state index contributed by atoms with van der Waals surface area (Å²) in [7, 11) is 0. The van der Waals surface area contributed by atoms with Gasteiger partial charge in [-0.2, -0.15) is 0 Å². The zero-order valence-corrected chi connectivity index (χ0v) is 21.9. The number of fused-ring (bicyclic) bond motifs is 5. The van der Waals surface area contributed by atoms with Crippen LogP contribution in [0.1, 0.15) is 42.1 Å². The number of piperidine rings is 1. The minimum atomic E-state index is -0.713. The SMILES string of the molecule is CCN1CCC2(CC1)C(=O)N(CC(=O)Nc1cnc3c(c1)CC1(C3)C(=O)Nc3ncccc31)c1ccccc12. The Labute approximate surface area is 226 Å². The quantitative estimate of drug-likeness (QED) is 0.546. The van der Waals surface area contributed by atoms with Crippen LogP contribution in [0.2, 0.25) is 0 Å². The first-order valence-electron chi connectivity index (χ1n) is 13.6. The molecule has 9 heteroatoms. The molecule has 1 saturated heterocycles. The normalized spacial score (nSPS) is 22.6. The molecule has 5 heterocycles. The molecule has 1 fully saturated rings. The van der Waals surface area contributed by atoms with Crippen LogP contribution in [0.15, 0.2) is 54.9 Å². The lowest BCUT2D eigenvalue weighted by molar-refractivity contribution is -0.126. The molecule has 1 atom stereocenters. The number of nitrogens with zero attached hydrogens (tertiary/aromatic N) is 4. The highest BCUT2D eigenvalue weighted by molar-refractivity contribution is 6.12. The number of carbonyl (C=O) groups excluding carboxylic acids is 3. The van der Waals surface area contributed by atoms with E-state index in [1.807, 2.05) is 42.5 Å². The van der Waals surface area contributed by atoms with Crippen LogP contribution in [0.5, 0.6) is 0 Å². The minimum absolute atomic E-state index is 0.0168. The first kappa shape index (κ1) is 24.0. The number of para-hydroxylation sites is 1. The fourth-order valence-corrected chi connectivity index (χ4v) is 7.02. The van der Waals surface area contributed by atoms with E-state index in [-0.39, 0.29) is 24.3 Å². The van der Waals surface area contributed by atoms with Crippen molar-refractivity contribution in [2.45, 2.75) is 43.4 Å². The van der Waals surface area contributed by atoms with E-state index in [4.69, 9.17) is 0 Å². The van der Waals surface area contributed by atoms with E-state index >= 15 is 0 Å². The average Bonchev–Trinajstić information content (AvgIpc) is 3.54. The van der Waals surface area contributed by atoms with Gasteiger partial charge in [-0.05, 0) is 68.2 Å². The Morgan fingerprint density at radius 2 is 1.82 bits per heavy atom. The first-order valence-corrected chi connectivity index (χ1v) is 13.6. The maximum Gasteiger partial charge on any atom is 0.244 e. The molecule has 7 rings (SSSR count). The Balaban J connectivity index is 1.09. The fourth-order valence-electron chi connectivity index (χ4n) is 7.02. The van der Waals surface area contributed by atoms with Gasteiger partial charge in [0.25, 0.3) is 0 Å². The molecule has 3 amide bonds. The van der Waals surface area contributed by atoms with Crippen LogP contribution < -0.4 is 15.5 Å². The second kappa shape index (κ2) is 8.71. The Morgan fingerprint density at radius 1 is 1.03 bits per heavy atom. The summed E-state index contributed by atoms with van der Waals surface area (Å²) in [5, 5.41) is 5.86. The number of pyridine rings is 2. The van der Waals surface area contributed by atoms with Gasteiger partial charge in [0.1, 0.15) is 12.4 Å². The van der Waals surface area contributed by atoms with Gasteiger partial charge in [0.15, 0.2) is 0 Å². The van der Waals surface area contributed by atoms with Crippen LogP contribution in [0.3, 0.4) is 0 Å². The van der Waals surface area contributed by atoms with Crippen LogP contribution in [-0.2, 0) is 38.1 Å². The number of hydrogen-bond acceptors (Lipinski definition) is 6. The molecule has 9 nitrogen and oxygen atoms in total. The number of carbonyl (C=O) groups is 3. The molecule has 2 N–H and O–H groups in total. The smallest absolute Gasteiger partial charge is 0.244 e. The third-order valence-electron chi connectivity index (χ3n) is 9.12. The van der Waals surface area contributed by atoms with E-state index in [2.05, 4.69) is 32.4 Å². The number of nitrogens with one attached hydrogen (secondary N) is 2. The van der Waals surface area contributed by atoms with Crippen molar-refractivity contribution >= 4 is 34.9 Å². The second-order valence-electron chi connectivity index (χ2n) is 11.1. The molecule has 2 aromatic heterocycles. The molecular formula is C30H30N6O3. The standard InChI is InChI=1S/C30H30N6O3/c1-2-35-12-9-29(10-13-35)21-6-3-4-8-24(21)36(28(29)39)18-25(37)33-20-14-19-15-30(16-23(19)32-17-20)22-7-5-11-31-26(22)34-27(30)38/h3-8,11,14,17H,2,9-10,12-13,15-16,18H2,1H3,(H,33,37)(H,31,34,38). The highest BCUT2D eigenvalue weighted by Crippen LogP contribution is 2.48. The van der Waals surface area contributed by atoms with Crippen molar-refractivity contribution in [3.05, 3.63) is 77.2 Å². The monoisotopic (exact) mass is 522 g/mol. The Morgan fingerprint density at radius 3 is 2.64 bits per heavy atom. The number of benzene rings is 1. The summed E-state index contributed by atoms with van der Waals surface area (Å²) < 4.78 is 0. The van der Waals surface area contributed by atoms with Gasteiger partial charge in [-0.1, -0.05) is 31.2 Å². The molecule has 2 spiro atoms. The summed E-state index contributed by atoms with van der Waals surface area (Å²) in [6, 6.07) is 13.6. The van der Waals surface area contributed by atoms with Gasteiger partial charge in [0.05, 0.1) is 22.7 Å². The molecule has 0 saturated carbocycles. The third kappa shape index (κ3) is 3.52.